The van der Waals surface area contributed by atoms with Gasteiger partial charge < -0.3 is 5.32 Å². The molecule has 0 bridgehead atoms. The number of nitro groups is 2. The number of hydrogen-bond acceptors (Lipinski definition) is 5. The largest absolute Gasteiger partial charge is 0.377 e. The molecular formula is C12H17N3O4. The Bertz CT molecular complexity index is 488. The lowest BCUT2D eigenvalue weighted by molar-refractivity contribution is -0.393. The minimum atomic E-state index is -0.642. The third-order valence-corrected chi connectivity index (χ3v) is 2.97. The molecule has 0 fully saturated rings. The molecule has 0 radical (unpaired) electrons. The van der Waals surface area contributed by atoms with Gasteiger partial charge in [-0.25, -0.2) is 0 Å². The quantitative estimate of drug-likeness (QED) is 0.629. The van der Waals surface area contributed by atoms with Crippen LogP contribution in [-0.2, 0) is 0 Å². The summed E-state index contributed by atoms with van der Waals surface area (Å²) < 4.78 is 0. The van der Waals surface area contributed by atoms with Crippen molar-refractivity contribution in [1.29, 1.82) is 0 Å². The van der Waals surface area contributed by atoms with Crippen molar-refractivity contribution in [3.63, 3.8) is 0 Å². The van der Waals surface area contributed by atoms with Gasteiger partial charge in [0.2, 0.25) is 0 Å². The predicted molar refractivity (Wildman–Crippen MR) is 72.3 cm³/mol. The van der Waals surface area contributed by atoms with Gasteiger partial charge in [0.05, 0.1) is 15.9 Å². The van der Waals surface area contributed by atoms with Crippen LogP contribution in [-0.4, -0.2) is 15.9 Å². The predicted octanol–water partition coefficient (Wildman–Crippen LogP) is 3.35. The molecule has 0 heterocycles. The van der Waals surface area contributed by atoms with E-state index in [0.29, 0.717) is 11.6 Å². The Balaban J connectivity index is 3.13. The molecule has 0 amide bonds. The highest BCUT2D eigenvalue weighted by molar-refractivity contribution is 5.65. The van der Waals surface area contributed by atoms with Gasteiger partial charge in [0.25, 0.3) is 11.4 Å². The molecule has 1 aromatic rings. The molecule has 0 saturated carbocycles. The summed E-state index contributed by atoms with van der Waals surface area (Å²) in [5.41, 5.74) is -0.237. The number of nitrogens with zero attached hydrogens (tertiary/aromatic N) is 2. The van der Waals surface area contributed by atoms with Crippen molar-refractivity contribution in [2.24, 2.45) is 5.92 Å². The van der Waals surface area contributed by atoms with E-state index in [2.05, 4.69) is 5.32 Å². The molecule has 7 nitrogen and oxygen atoms in total. The van der Waals surface area contributed by atoms with Gasteiger partial charge >= 0.3 is 0 Å². The molecule has 0 saturated heterocycles. The molecule has 19 heavy (non-hydrogen) atoms. The van der Waals surface area contributed by atoms with Crippen molar-refractivity contribution in [2.75, 3.05) is 5.32 Å². The Kier molecular flexibility index (Phi) is 4.80. The van der Waals surface area contributed by atoms with E-state index >= 15 is 0 Å². The van der Waals surface area contributed by atoms with Gasteiger partial charge in [0, 0.05) is 12.1 Å². The van der Waals surface area contributed by atoms with E-state index in [9.17, 15) is 20.2 Å². The van der Waals surface area contributed by atoms with E-state index < -0.39 is 9.85 Å². The molecule has 7 heteroatoms. The summed E-state index contributed by atoms with van der Waals surface area (Å²) in [5.74, 6) is 0.305. The van der Waals surface area contributed by atoms with Crippen LogP contribution < -0.4 is 5.32 Å². The average molecular weight is 267 g/mol. The second kappa shape index (κ2) is 6.12. The van der Waals surface area contributed by atoms with Crippen LogP contribution in [0.25, 0.3) is 0 Å². The van der Waals surface area contributed by atoms with Crippen molar-refractivity contribution < 1.29 is 9.85 Å². The van der Waals surface area contributed by atoms with Crippen LogP contribution in [0.2, 0.25) is 0 Å². The normalized spacial score (nSPS) is 12.2. The van der Waals surface area contributed by atoms with E-state index in [1.54, 1.807) is 0 Å². The number of rotatable bonds is 6. The summed E-state index contributed by atoms with van der Waals surface area (Å²) in [4.78, 5) is 20.4. The van der Waals surface area contributed by atoms with Crippen LogP contribution in [0.5, 0.6) is 0 Å². The van der Waals surface area contributed by atoms with Gasteiger partial charge in [-0.1, -0.05) is 20.8 Å². The highest BCUT2D eigenvalue weighted by Crippen LogP contribution is 2.30. The fourth-order valence-corrected chi connectivity index (χ4v) is 1.85. The summed E-state index contributed by atoms with van der Waals surface area (Å²) in [6, 6.07) is 3.72. The molecule has 104 valence electrons. The summed E-state index contributed by atoms with van der Waals surface area (Å²) in [5, 5.41) is 24.7. The standard InChI is InChI=1S/C12H17N3O4/c1-4-10(8(2)3)13-11-6-5-9(14(16)17)7-12(11)15(18)19/h5-8,10,13H,4H2,1-3H3. The van der Waals surface area contributed by atoms with Gasteiger partial charge in [0.1, 0.15) is 5.69 Å². The van der Waals surface area contributed by atoms with Crippen molar-refractivity contribution >= 4 is 17.1 Å². The number of anilines is 1. The molecule has 0 aliphatic rings. The first-order valence-corrected chi connectivity index (χ1v) is 6.06. The topological polar surface area (TPSA) is 98.3 Å². The number of non-ortho nitro benzene ring substituents is 1. The first-order valence-electron chi connectivity index (χ1n) is 6.06. The van der Waals surface area contributed by atoms with E-state index in [0.717, 1.165) is 12.5 Å². The summed E-state index contributed by atoms with van der Waals surface area (Å²) >= 11 is 0. The number of nitro benzene ring substituents is 2. The first kappa shape index (κ1) is 14.9. The highest BCUT2D eigenvalue weighted by atomic mass is 16.6. The Morgan fingerprint density at radius 2 is 1.84 bits per heavy atom. The van der Waals surface area contributed by atoms with E-state index in [1.807, 2.05) is 20.8 Å². The van der Waals surface area contributed by atoms with Crippen molar-refractivity contribution in [3.05, 3.63) is 38.4 Å². The third-order valence-electron chi connectivity index (χ3n) is 2.97. The van der Waals surface area contributed by atoms with Crippen LogP contribution in [0.3, 0.4) is 0 Å². The molecule has 0 aliphatic carbocycles. The second-order valence-electron chi connectivity index (χ2n) is 4.62. The molecule has 1 unspecified atom stereocenters. The summed E-state index contributed by atoms with van der Waals surface area (Å²) in [6.45, 7) is 6.01. The SMILES string of the molecule is CCC(Nc1ccc([N+](=O)[O-])cc1[N+](=O)[O-])C(C)C. The third kappa shape index (κ3) is 3.64. The Morgan fingerprint density at radius 1 is 1.21 bits per heavy atom. The second-order valence-corrected chi connectivity index (χ2v) is 4.62. The molecule has 1 atom stereocenters. The molecule has 0 aliphatic heterocycles. The average Bonchev–Trinajstić information content (AvgIpc) is 2.35. The molecule has 0 spiro atoms. The van der Waals surface area contributed by atoms with Gasteiger partial charge in [-0.3, -0.25) is 20.2 Å². The van der Waals surface area contributed by atoms with Crippen LogP contribution >= 0.6 is 0 Å². The molecule has 0 aromatic heterocycles. The monoisotopic (exact) mass is 267 g/mol. The number of hydrogen-bond donors (Lipinski definition) is 1. The maximum Gasteiger partial charge on any atom is 0.299 e. The zero-order chi connectivity index (χ0) is 14.6. The lowest BCUT2D eigenvalue weighted by Gasteiger charge is -2.21. The van der Waals surface area contributed by atoms with E-state index in [-0.39, 0.29) is 17.4 Å². The lowest BCUT2D eigenvalue weighted by atomic mass is 10.0. The molecule has 1 N–H and O–H groups in total. The van der Waals surface area contributed by atoms with E-state index in [1.165, 1.54) is 12.1 Å². The maximum atomic E-state index is 11.0. The van der Waals surface area contributed by atoms with Gasteiger partial charge in [-0.15, -0.1) is 0 Å². The minimum absolute atomic E-state index is 0.0835. The van der Waals surface area contributed by atoms with Crippen molar-refractivity contribution in [1.82, 2.24) is 0 Å². The fourth-order valence-electron chi connectivity index (χ4n) is 1.85. The lowest BCUT2D eigenvalue weighted by Crippen LogP contribution is -2.25. The van der Waals surface area contributed by atoms with Gasteiger partial charge in [-0.2, -0.15) is 0 Å². The zero-order valence-corrected chi connectivity index (χ0v) is 11.1. The Hall–Kier alpha value is -2.18. The molecular weight excluding hydrogens is 250 g/mol. The van der Waals surface area contributed by atoms with Crippen molar-refractivity contribution in [2.45, 2.75) is 33.2 Å². The summed E-state index contributed by atoms with van der Waals surface area (Å²) in [6.07, 6.45) is 0.811. The number of benzene rings is 1. The molecule has 1 rings (SSSR count). The van der Waals surface area contributed by atoms with Crippen LogP contribution in [0, 0.1) is 26.1 Å². The molecule has 1 aromatic carbocycles. The fraction of sp³-hybridized carbons (Fsp3) is 0.500. The summed E-state index contributed by atoms with van der Waals surface area (Å²) in [7, 11) is 0. The van der Waals surface area contributed by atoms with Gasteiger partial charge in [-0.05, 0) is 18.4 Å². The maximum absolute atomic E-state index is 11.0. The van der Waals surface area contributed by atoms with Crippen molar-refractivity contribution in [3.8, 4) is 0 Å². The van der Waals surface area contributed by atoms with Crippen LogP contribution in [0.4, 0.5) is 17.1 Å². The Labute approximate surface area is 110 Å². The van der Waals surface area contributed by atoms with Crippen LogP contribution in [0.1, 0.15) is 27.2 Å². The van der Waals surface area contributed by atoms with E-state index in [4.69, 9.17) is 0 Å². The first-order chi connectivity index (χ1) is 8.86. The van der Waals surface area contributed by atoms with Gasteiger partial charge in [0.15, 0.2) is 0 Å². The Morgan fingerprint density at radius 3 is 2.26 bits per heavy atom. The smallest absolute Gasteiger partial charge is 0.299 e. The van der Waals surface area contributed by atoms with Crippen LogP contribution in [0.15, 0.2) is 18.2 Å². The number of nitrogens with one attached hydrogen (secondary N) is 1. The minimum Gasteiger partial charge on any atom is -0.377 e. The highest BCUT2D eigenvalue weighted by Gasteiger charge is 2.21. The zero-order valence-electron chi connectivity index (χ0n) is 11.1.